The number of unbranched alkanes of at least 4 members (excludes halogenated alkanes) is 1. The van der Waals surface area contributed by atoms with E-state index in [4.69, 9.17) is 0 Å². The molecule has 166 valence electrons. The first kappa shape index (κ1) is 24.9. The van der Waals surface area contributed by atoms with Crippen molar-refractivity contribution in [2.24, 2.45) is 0 Å². The van der Waals surface area contributed by atoms with Crippen LogP contribution in [0.25, 0.3) is 0 Å². The smallest absolute Gasteiger partial charge is 0.212 e. The Morgan fingerprint density at radius 2 is 1.57 bits per heavy atom. The van der Waals surface area contributed by atoms with Crippen molar-refractivity contribution in [1.29, 1.82) is 0 Å². The van der Waals surface area contributed by atoms with E-state index in [0.29, 0.717) is 22.6 Å². The molecule has 0 heterocycles. The lowest BCUT2D eigenvalue weighted by molar-refractivity contribution is 0.567. The lowest BCUT2D eigenvalue weighted by Crippen LogP contribution is -2.26. The summed E-state index contributed by atoms with van der Waals surface area (Å²) < 4.78 is 54.3. The minimum atomic E-state index is -3.67. The van der Waals surface area contributed by atoms with Gasteiger partial charge in [-0.3, -0.25) is 0 Å². The van der Waals surface area contributed by atoms with Crippen LogP contribution >= 0.6 is 10.8 Å². The van der Waals surface area contributed by atoms with E-state index in [9.17, 15) is 16.8 Å². The predicted molar refractivity (Wildman–Crippen MR) is 124 cm³/mol. The van der Waals surface area contributed by atoms with Gasteiger partial charge in [0, 0.05) is 22.2 Å². The molecule has 0 radical (unpaired) electrons. The topological polar surface area (TPSA) is 80.3 Å². The zero-order valence-corrected chi connectivity index (χ0v) is 20.9. The lowest BCUT2D eigenvalue weighted by atomic mass is 9.86. The molecule has 0 aliphatic heterocycles. The van der Waals surface area contributed by atoms with Gasteiger partial charge in [0.15, 0.2) is 0 Å². The SMILES string of the molecule is CCCCNS(=O)(=O)c1cc(C(C)(C)C)c(SS(=O)(=O)c2ccc(C)cc2)cc1C. The quantitative estimate of drug-likeness (QED) is 0.427. The van der Waals surface area contributed by atoms with Gasteiger partial charge in [0.05, 0.1) is 9.79 Å². The molecule has 0 fully saturated rings. The van der Waals surface area contributed by atoms with Crippen molar-refractivity contribution in [2.45, 2.75) is 74.5 Å². The van der Waals surface area contributed by atoms with Crippen LogP contribution in [0.3, 0.4) is 0 Å². The van der Waals surface area contributed by atoms with Crippen molar-refractivity contribution < 1.29 is 16.8 Å². The van der Waals surface area contributed by atoms with Gasteiger partial charge in [-0.1, -0.05) is 51.8 Å². The van der Waals surface area contributed by atoms with Crippen molar-refractivity contribution in [3.8, 4) is 0 Å². The maximum Gasteiger partial charge on any atom is 0.240 e. The van der Waals surface area contributed by atoms with E-state index in [1.54, 1.807) is 43.3 Å². The minimum absolute atomic E-state index is 0.195. The number of rotatable bonds is 8. The van der Waals surface area contributed by atoms with Gasteiger partial charge in [-0.15, -0.1) is 0 Å². The molecule has 0 saturated heterocycles. The Kier molecular flexibility index (Phi) is 7.83. The van der Waals surface area contributed by atoms with Gasteiger partial charge in [-0.05, 0) is 61.1 Å². The first-order valence-electron chi connectivity index (χ1n) is 9.94. The molecule has 0 amide bonds. The van der Waals surface area contributed by atoms with Crippen molar-refractivity contribution in [2.75, 3.05) is 6.54 Å². The monoisotopic (exact) mass is 469 g/mol. The minimum Gasteiger partial charge on any atom is -0.212 e. The molecule has 1 N–H and O–H groups in total. The summed E-state index contributed by atoms with van der Waals surface area (Å²) in [5.74, 6) is 0. The van der Waals surface area contributed by atoms with Crippen LogP contribution in [-0.2, 0) is 24.3 Å². The molecular weight excluding hydrogens is 438 g/mol. The highest BCUT2D eigenvalue weighted by Crippen LogP contribution is 2.40. The molecule has 30 heavy (non-hydrogen) atoms. The second kappa shape index (κ2) is 9.42. The average molecular weight is 470 g/mol. The zero-order chi connectivity index (χ0) is 22.7. The van der Waals surface area contributed by atoms with E-state index in [1.807, 2.05) is 34.6 Å². The summed E-state index contributed by atoms with van der Waals surface area (Å²) in [5.41, 5.74) is 1.75. The summed E-state index contributed by atoms with van der Waals surface area (Å²) in [6.07, 6.45) is 1.65. The molecular formula is C22H31NO4S3. The molecule has 0 aliphatic rings. The van der Waals surface area contributed by atoms with Gasteiger partial charge in [0.2, 0.25) is 18.9 Å². The summed E-state index contributed by atoms with van der Waals surface area (Å²) in [4.78, 5) is 0.974. The maximum absolute atomic E-state index is 13.0. The van der Waals surface area contributed by atoms with Crippen molar-refractivity contribution in [3.05, 3.63) is 53.1 Å². The van der Waals surface area contributed by atoms with Crippen LogP contribution in [0, 0.1) is 13.8 Å². The lowest BCUT2D eigenvalue weighted by Gasteiger charge is -2.24. The molecule has 0 unspecified atom stereocenters. The highest BCUT2D eigenvalue weighted by molar-refractivity contribution is 8.72. The largest absolute Gasteiger partial charge is 0.240 e. The van der Waals surface area contributed by atoms with Crippen LogP contribution in [0.2, 0.25) is 0 Å². The van der Waals surface area contributed by atoms with Crippen LogP contribution in [0.4, 0.5) is 0 Å². The number of benzene rings is 2. The van der Waals surface area contributed by atoms with E-state index < -0.39 is 24.3 Å². The fourth-order valence-corrected chi connectivity index (χ4v) is 7.49. The third kappa shape index (κ3) is 6.09. The Labute approximate surface area is 185 Å². The highest BCUT2D eigenvalue weighted by atomic mass is 33.1. The van der Waals surface area contributed by atoms with Gasteiger partial charge in [0.25, 0.3) is 0 Å². The highest BCUT2D eigenvalue weighted by Gasteiger charge is 2.28. The van der Waals surface area contributed by atoms with Crippen LogP contribution in [0.5, 0.6) is 0 Å². The van der Waals surface area contributed by atoms with Crippen LogP contribution in [0.1, 0.15) is 57.2 Å². The van der Waals surface area contributed by atoms with Gasteiger partial charge in [0.1, 0.15) is 0 Å². The zero-order valence-electron chi connectivity index (χ0n) is 18.4. The summed E-state index contributed by atoms with van der Waals surface area (Å²) in [5, 5.41) is 0. The Balaban J connectivity index is 2.53. The fourth-order valence-electron chi connectivity index (χ4n) is 2.94. The summed E-state index contributed by atoms with van der Waals surface area (Å²) in [6.45, 7) is 11.8. The molecule has 5 nitrogen and oxygen atoms in total. The normalized spacial score (nSPS) is 12.9. The first-order valence-corrected chi connectivity index (χ1v) is 14.2. The second-order valence-electron chi connectivity index (χ2n) is 8.47. The Morgan fingerprint density at radius 3 is 2.10 bits per heavy atom. The molecule has 0 saturated carbocycles. The van der Waals surface area contributed by atoms with Gasteiger partial charge < -0.3 is 0 Å². The van der Waals surface area contributed by atoms with E-state index in [2.05, 4.69) is 4.72 Å². The molecule has 0 atom stereocenters. The molecule has 0 aromatic heterocycles. The molecule has 2 aromatic rings. The number of sulfonamides is 1. The Hall–Kier alpha value is -1.35. The van der Waals surface area contributed by atoms with Crippen LogP contribution in [-0.4, -0.2) is 23.4 Å². The van der Waals surface area contributed by atoms with E-state index in [-0.39, 0.29) is 9.79 Å². The molecule has 0 spiro atoms. The van der Waals surface area contributed by atoms with Crippen molar-refractivity contribution in [3.63, 3.8) is 0 Å². The van der Waals surface area contributed by atoms with Crippen molar-refractivity contribution >= 4 is 29.7 Å². The van der Waals surface area contributed by atoms with E-state index >= 15 is 0 Å². The second-order valence-corrected chi connectivity index (χ2v) is 14.0. The first-order chi connectivity index (χ1) is 13.8. The van der Waals surface area contributed by atoms with E-state index in [1.165, 1.54) is 0 Å². The molecule has 2 aromatic carbocycles. The standard InChI is InChI=1S/C22H31NO4S3/c1-7-8-13-23-29(24,25)21-15-19(22(4,5)6)20(14-17(21)3)28-30(26,27)18-11-9-16(2)10-12-18/h9-12,14-15,23H,7-8,13H2,1-6H3. The number of hydrogen-bond acceptors (Lipinski definition) is 5. The summed E-state index contributed by atoms with van der Waals surface area (Å²) >= 11 is 0. The molecule has 2 rings (SSSR count). The third-order valence-electron chi connectivity index (χ3n) is 4.71. The van der Waals surface area contributed by atoms with Gasteiger partial charge in [-0.25, -0.2) is 21.6 Å². The Bertz CT molecular complexity index is 1100. The summed E-state index contributed by atoms with van der Waals surface area (Å²) in [7, 11) is -6.55. The van der Waals surface area contributed by atoms with Gasteiger partial charge >= 0.3 is 0 Å². The third-order valence-corrected chi connectivity index (χ3v) is 9.67. The molecule has 8 heteroatoms. The molecule has 0 bridgehead atoms. The van der Waals surface area contributed by atoms with Crippen LogP contribution < -0.4 is 4.72 Å². The fraction of sp³-hybridized carbons (Fsp3) is 0.455. The Morgan fingerprint density at radius 1 is 0.967 bits per heavy atom. The van der Waals surface area contributed by atoms with Crippen LogP contribution in [0.15, 0.2) is 51.1 Å². The number of hydrogen-bond donors (Lipinski definition) is 1. The van der Waals surface area contributed by atoms with E-state index in [0.717, 1.165) is 29.2 Å². The summed E-state index contributed by atoms with van der Waals surface area (Å²) in [6, 6.07) is 10.0. The predicted octanol–water partition coefficient (Wildman–Crippen LogP) is 5.16. The van der Waals surface area contributed by atoms with Crippen molar-refractivity contribution in [1.82, 2.24) is 4.72 Å². The van der Waals surface area contributed by atoms with Gasteiger partial charge in [-0.2, -0.15) is 0 Å². The molecule has 0 aliphatic carbocycles. The maximum atomic E-state index is 13.0. The number of aryl methyl sites for hydroxylation is 2. The number of nitrogens with one attached hydrogen (secondary N) is 1. The average Bonchev–Trinajstić information content (AvgIpc) is 2.60.